The molecule has 0 spiro atoms. The number of carbonyl (C=O) groups is 2. The fourth-order valence-corrected chi connectivity index (χ4v) is 2.73. The summed E-state index contributed by atoms with van der Waals surface area (Å²) < 4.78 is 1.81. The quantitative estimate of drug-likeness (QED) is 0.892. The molecule has 1 aromatic rings. The van der Waals surface area contributed by atoms with Crippen LogP contribution in [0, 0.1) is 12.8 Å². The third kappa shape index (κ3) is 2.30. The number of carboxylic acid groups (broad SMARTS) is 1. The molecule has 0 aromatic carbocycles. The maximum atomic E-state index is 11.3. The number of rotatable bonds is 3. The molecule has 1 saturated carbocycles. The zero-order valence-electron chi connectivity index (χ0n) is 10.7. The Morgan fingerprint density at radius 1 is 1.33 bits per heavy atom. The Morgan fingerprint density at radius 3 is 2.39 bits per heavy atom. The molecule has 1 fully saturated rings. The summed E-state index contributed by atoms with van der Waals surface area (Å²) in [4.78, 5) is 22.3. The van der Waals surface area contributed by atoms with Gasteiger partial charge in [0.1, 0.15) is 11.3 Å². The Bertz CT molecular complexity index is 471. The lowest BCUT2D eigenvalue weighted by atomic mass is 9.84. The van der Waals surface area contributed by atoms with Crippen molar-refractivity contribution in [3.8, 4) is 0 Å². The SMILES string of the molecule is CC(=O)C1CCC(n2ncc(C(=O)O)c2C)CC1. The van der Waals surface area contributed by atoms with Gasteiger partial charge in [0.2, 0.25) is 0 Å². The fraction of sp³-hybridized carbons (Fsp3) is 0.615. The smallest absolute Gasteiger partial charge is 0.339 e. The summed E-state index contributed by atoms with van der Waals surface area (Å²) in [6.07, 6.45) is 4.95. The van der Waals surface area contributed by atoms with E-state index in [9.17, 15) is 9.59 Å². The lowest BCUT2D eigenvalue weighted by Gasteiger charge is -2.28. The van der Waals surface area contributed by atoms with Crippen LogP contribution in [-0.2, 0) is 4.79 Å². The van der Waals surface area contributed by atoms with E-state index in [1.807, 2.05) is 0 Å². The highest BCUT2D eigenvalue weighted by molar-refractivity contribution is 5.88. The number of carbonyl (C=O) groups excluding carboxylic acids is 1. The zero-order valence-corrected chi connectivity index (χ0v) is 10.7. The van der Waals surface area contributed by atoms with E-state index in [1.165, 1.54) is 6.20 Å². The van der Waals surface area contributed by atoms with E-state index in [1.54, 1.807) is 18.5 Å². The molecule has 1 aromatic heterocycles. The largest absolute Gasteiger partial charge is 0.478 e. The zero-order chi connectivity index (χ0) is 13.3. The van der Waals surface area contributed by atoms with Crippen molar-refractivity contribution in [2.75, 3.05) is 0 Å². The Morgan fingerprint density at radius 2 is 1.94 bits per heavy atom. The van der Waals surface area contributed by atoms with E-state index in [0.29, 0.717) is 5.69 Å². The summed E-state index contributed by atoms with van der Waals surface area (Å²) in [5.74, 6) is -0.496. The van der Waals surface area contributed by atoms with E-state index >= 15 is 0 Å². The van der Waals surface area contributed by atoms with Crippen molar-refractivity contribution in [1.82, 2.24) is 9.78 Å². The van der Waals surface area contributed by atoms with Gasteiger partial charge in [0.25, 0.3) is 0 Å². The molecule has 5 heteroatoms. The first-order valence-corrected chi connectivity index (χ1v) is 6.28. The summed E-state index contributed by atoms with van der Waals surface area (Å²) in [5.41, 5.74) is 0.970. The summed E-state index contributed by atoms with van der Waals surface area (Å²) in [7, 11) is 0. The molecule has 2 rings (SSSR count). The van der Waals surface area contributed by atoms with Crippen LogP contribution < -0.4 is 0 Å². The topological polar surface area (TPSA) is 72.2 Å². The molecular weight excluding hydrogens is 232 g/mol. The highest BCUT2D eigenvalue weighted by Crippen LogP contribution is 2.33. The summed E-state index contributed by atoms with van der Waals surface area (Å²) >= 11 is 0. The van der Waals surface area contributed by atoms with E-state index in [0.717, 1.165) is 25.7 Å². The molecule has 1 aliphatic rings. The minimum Gasteiger partial charge on any atom is -0.478 e. The van der Waals surface area contributed by atoms with Gasteiger partial charge in [-0.2, -0.15) is 5.10 Å². The van der Waals surface area contributed by atoms with Crippen LogP contribution in [0.25, 0.3) is 0 Å². The van der Waals surface area contributed by atoms with Gasteiger partial charge < -0.3 is 5.11 Å². The molecule has 1 N–H and O–H groups in total. The standard InChI is InChI=1S/C13H18N2O3/c1-8-12(13(17)18)7-14-15(8)11-5-3-10(4-6-11)9(2)16/h7,10-11H,3-6H2,1-2H3,(H,17,18). The summed E-state index contributed by atoms with van der Waals surface area (Å²) in [6, 6.07) is 0.230. The van der Waals surface area contributed by atoms with Gasteiger partial charge in [-0.25, -0.2) is 4.79 Å². The van der Waals surface area contributed by atoms with Gasteiger partial charge in [-0.3, -0.25) is 9.48 Å². The molecule has 1 aliphatic carbocycles. The van der Waals surface area contributed by atoms with Gasteiger partial charge in [0, 0.05) is 5.92 Å². The molecular formula is C13H18N2O3. The molecule has 1 heterocycles. The van der Waals surface area contributed by atoms with Crippen LogP contribution >= 0.6 is 0 Å². The van der Waals surface area contributed by atoms with Crippen LogP contribution in [0.3, 0.4) is 0 Å². The second kappa shape index (κ2) is 4.92. The van der Waals surface area contributed by atoms with Gasteiger partial charge in [-0.15, -0.1) is 0 Å². The number of aromatic nitrogens is 2. The van der Waals surface area contributed by atoms with E-state index in [2.05, 4.69) is 5.10 Å². The number of carboxylic acids is 1. The minimum absolute atomic E-state index is 0.177. The van der Waals surface area contributed by atoms with Gasteiger partial charge in [-0.1, -0.05) is 0 Å². The maximum Gasteiger partial charge on any atom is 0.339 e. The number of hydrogen-bond donors (Lipinski definition) is 1. The van der Waals surface area contributed by atoms with Crippen molar-refractivity contribution < 1.29 is 14.7 Å². The molecule has 98 valence electrons. The Labute approximate surface area is 106 Å². The minimum atomic E-state index is -0.934. The average Bonchev–Trinajstić information content (AvgIpc) is 2.71. The monoisotopic (exact) mass is 250 g/mol. The molecule has 0 aliphatic heterocycles. The molecule has 18 heavy (non-hydrogen) atoms. The van der Waals surface area contributed by atoms with Gasteiger partial charge in [-0.05, 0) is 39.5 Å². The number of nitrogens with zero attached hydrogens (tertiary/aromatic N) is 2. The highest BCUT2D eigenvalue weighted by atomic mass is 16.4. The molecule has 0 unspecified atom stereocenters. The molecule has 5 nitrogen and oxygen atoms in total. The van der Waals surface area contributed by atoms with Gasteiger partial charge in [0.15, 0.2) is 0 Å². The van der Waals surface area contributed by atoms with Gasteiger partial charge >= 0.3 is 5.97 Å². The van der Waals surface area contributed by atoms with Crippen LogP contribution in [0.15, 0.2) is 6.20 Å². The lowest BCUT2D eigenvalue weighted by Crippen LogP contribution is -2.23. The number of Topliss-reactive ketones (excluding diaryl/α,β-unsaturated/α-hetero) is 1. The summed E-state index contributed by atoms with van der Waals surface area (Å²) in [6.45, 7) is 3.43. The average molecular weight is 250 g/mol. The summed E-state index contributed by atoms with van der Waals surface area (Å²) in [5, 5.41) is 13.2. The van der Waals surface area contributed by atoms with Gasteiger partial charge in [0.05, 0.1) is 17.9 Å². The molecule has 0 atom stereocenters. The van der Waals surface area contributed by atoms with Crippen molar-refractivity contribution >= 4 is 11.8 Å². The number of hydrogen-bond acceptors (Lipinski definition) is 3. The predicted molar refractivity (Wildman–Crippen MR) is 65.6 cm³/mol. The first-order chi connectivity index (χ1) is 8.50. The molecule has 0 amide bonds. The van der Waals surface area contributed by atoms with Crippen molar-refractivity contribution in [3.63, 3.8) is 0 Å². The Hall–Kier alpha value is -1.65. The lowest BCUT2D eigenvalue weighted by molar-refractivity contribution is -0.121. The predicted octanol–water partition coefficient (Wildman–Crippen LogP) is 2.21. The first-order valence-electron chi connectivity index (χ1n) is 6.28. The Kier molecular flexibility index (Phi) is 3.50. The molecule has 0 radical (unpaired) electrons. The van der Waals surface area contributed by atoms with E-state index < -0.39 is 5.97 Å². The number of ketones is 1. The third-order valence-corrected chi connectivity index (χ3v) is 3.89. The maximum absolute atomic E-state index is 11.3. The second-order valence-corrected chi connectivity index (χ2v) is 5.01. The molecule has 0 bridgehead atoms. The normalized spacial score (nSPS) is 23.9. The van der Waals surface area contributed by atoms with Crippen LogP contribution in [0.1, 0.15) is 54.7 Å². The van der Waals surface area contributed by atoms with Crippen molar-refractivity contribution in [1.29, 1.82) is 0 Å². The fourth-order valence-electron chi connectivity index (χ4n) is 2.73. The van der Waals surface area contributed by atoms with Crippen LogP contribution in [0.2, 0.25) is 0 Å². The van der Waals surface area contributed by atoms with E-state index in [4.69, 9.17) is 5.11 Å². The van der Waals surface area contributed by atoms with E-state index in [-0.39, 0.29) is 23.3 Å². The van der Waals surface area contributed by atoms with Crippen LogP contribution in [-0.4, -0.2) is 26.6 Å². The van der Waals surface area contributed by atoms with Crippen molar-refractivity contribution in [2.24, 2.45) is 5.92 Å². The number of aromatic carboxylic acids is 1. The highest BCUT2D eigenvalue weighted by Gasteiger charge is 2.27. The van der Waals surface area contributed by atoms with Crippen molar-refractivity contribution in [3.05, 3.63) is 17.5 Å². The van der Waals surface area contributed by atoms with Crippen LogP contribution in [0.4, 0.5) is 0 Å². The van der Waals surface area contributed by atoms with Crippen molar-refractivity contribution in [2.45, 2.75) is 45.6 Å². The third-order valence-electron chi connectivity index (χ3n) is 3.89. The first kappa shape index (κ1) is 12.8. The van der Waals surface area contributed by atoms with Crippen LogP contribution in [0.5, 0.6) is 0 Å². The molecule has 0 saturated heterocycles. The second-order valence-electron chi connectivity index (χ2n) is 5.01. The Balaban J connectivity index is 2.10.